The average molecular weight is 193 g/mol. The highest BCUT2D eigenvalue weighted by molar-refractivity contribution is 5.97. The van der Waals surface area contributed by atoms with Crippen molar-refractivity contribution in [2.24, 2.45) is 0 Å². The molecule has 0 radical (unpaired) electrons. The first-order valence-corrected chi connectivity index (χ1v) is 4.43. The quantitative estimate of drug-likeness (QED) is 0.715. The Morgan fingerprint density at radius 1 is 1.36 bits per heavy atom. The highest BCUT2D eigenvalue weighted by atomic mass is 16.5. The molecule has 1 aromatic carbocycles. The lowest BCUT2D eigenvalue weighted by Crippen LogP contribution is -2.22. The van der Waals surface area contributed by atoms with Gasteiger partial charge in [-0.25, -0.2) is 0 Å². The number of aryl methyl sites for hydroxylation is 1. The van der Waals surface area contributed by atoms with Crippen molar-refractivity contribution in [3.8, 4) is 5.75 Å². The highest BCUT2D eigenvalue weighted by Gasteiger charge is 2.14. The minimum atomic E-state index is -0.0365. The molecule has 0 atom stereocenters. The van der Waals surface area contributed by atoms with E-state index in [4.69, 9.17) is 4.74 Å². The van der Waals surface area contributed by atoms with Crippen molar-refractivity contribution >= 4 is 5.91 Å². The molecule has 0 N–H and O–H groups in total. The van der Waals surface area contributed by atoms with Crippen LogP contribution < -0.4 is 4.74 Å². The first kappa shape index (κ1) is 10.6. The monoisotopic (exact) mass is 193 g/mol. The summed E-state index contributed by atoms with van der Waals surface area (Å²) < 4.78 is 5.20. The summed E-state index contributed by atoms with van der Waals surface area (Å²) in [5.41, 5.74) is 1.58. The van der Waals surface area contributed by atoms with Gasteiger partial charge in [0, 0.05) is 14.1 Å². The molecule has 0 spiro atoms. The van der Waals surface area contributed by atoms with Gasteiger partial charge >= 0.3 is 0 Å². The van der Waals surface area contributed by atoms with Crippen LogP contribution in [0.3, 0.4) is 0 Å². The summed E-state index contributed by atoms with van der Waals surface area (Å²) >= 11 is 0. The van der Waals surface area contributed by atoms with Gasteiger partial charge in [-0.3, -0.25) is 4.79 Å². The fourth-order valence-electron chi connectivity index (χ4n) is 1.33. The summed E-state index contributed by atoms with van der Waals surface area (Å²) in [5, 5.41) is 0. The van der Waals surface area contributed by atoms with E-state index >= 15 is 0 Å². The minimum Gasteiger partial charge on any atom is -0.496 e. The Morgan fingerprint density at radius 2 is 2.00 bits per heavy atom. The predicted molar refractivity (Wildman–Crippen MR) is 55.7 cm³/mol. The summed E-state index contributed by atoms with van der Waals surface area (Å²) in [5.74, 6) is 0.622. The zero-order valence-corrected chi connectivity index (χ0v) is 9.00. The van der Waals surface area contributed by atoms with E-state index in [1.54, 1.807) is 27.3 Å². The van der Waals surface area contributed by atoms with E-state index in [0.717, 1.165) is 5.56 Å². The van der Waals surface area contributed by atoms with Crippen LogP contribution in [-0.4, -0.2) is 32.0 Å². The van der Waals surface area contributed by atoms with E-state index in [2.05, 4.69) is 0 Å². The van der Waals surface area contributed by atoms with E-state index in [1.165, 1.54) is 4.90 Å². The Hall–Kier alpha value is -1.51. The summed E-state index contributed by atoms with van der Waals surface area (Å²) in [7, 11) is 5.03. The van der Waals surface area contributed by atoms with E-state index in [1.807, 2.05) is 19.1 Å². The van der Waals surface area contributed by atoms with Crippen molar-refractivity contribution < 1.29 is 9.53 Å². The van der Waals surface area contributed by atoms with Crippen LogP contribution in [0.2, 0.25) is 0 Å². The largest absolute Gasteiger partial charge is 0.496 e. The van der Waals surface area contributed by atoms with Crippen molar-refractivity contribution in [2.45, 2.75) is 6.92 Å². The van der Waals surface area contributed by atoms with Crippen LogP contribution in [0.4, 0.5) is 0 Å². The smallest absolute Gasteiger partial charge is 0.257 e. The molecule has 0 bridgehead atoms. The molecule has 14 heavy (non-hydrogen) atoms. The second-order valence-corrected chi connectivity index (χ2v) is 3.36. The number of carbonyl (C=O) groups is 1. The molecule has 0 aliphatic heterocycles. The number of hydrogen-bond acceptors (Lipinski definition) is 2. The normalized spacial score (nSPS) is 9.71. The lowest BCUT2D eigenvalue weighted by molar-refractivity contribution is 0.0824. The molecule has 1 rings (SSSR count). The number of methoxy groups -OCH3 is 1. The first-order valence-electron chi connectivity index (χ1n) is 4.43. The van der Waals surface area contributed by atoms with Gasteiger partial charge in [0.25, 0.3) is 5.91 Å². The maximum atomic E-state index is 11.7. The van der Waals surface area contributed by atoms with Crippen LogP contribution in [-0.2, 0) is 0 Å². The third-order valence-electron chi connectivity index (χ3n) is 2.05. The Morgan fingerprint density at radius 3 is 2.50 bits per heavy atom. The SMILES string of the molecule is COc1c(C)cccc1C(=O)N(C)C. The van der Waals surface area contributed by atoms with Crippen molar-refractivity contribution in [1.29, 1.82) is 0 Å². The number of hydrogen-bond donors (Lipinski definition) is 0. The summed E-state index contributed by atoms with van der Waals surface area (Å²) in [6.07, 6.45) is 0. The van der Waals surface area contributed by atoms with Gasteiger partial charge in [-0.15, -0.1) is 0 Å². The van der Waals surface area contributed by atoms with Crippen LogP contribution in [0.25, 0.3) is 0 Å². The van der Waals surface area contributed by atoms with Crippen molar-refractivity contribution in [2.75, 3.05) is 21.2 Å². The predicted octanol–water partition coefficient (Wildman–Crippen LogP) is 1.71. The lowest BCUT2D eigenvalue weighted by Gasteiger charge is -2.14. The van der Waals surface area contributed by atoms with Crippen LogP contribution in [0.1, 0.15) is 15.9 Å². The maximum Gasteiger partial charge on any atom is 0.257 e. The molecule has 1 aromatic rings. The van der Waals surface area contributed by atoms with E-state index in [-0.39, 0.29) is 5.91 Å². The standard InChI is InChI=1S/C11H15NO2/c1-8-6-5-7-9(10(8)14-4)11(13)12(2)3/h5-7H,1-4H3. The van der Waals surface area contributed by atoms with Gasteiger partial charge in [-0.2, -0.15) is 0 Å². The average Bonchev–Trinajstić information content (AvgIpc) is 2.16. The number of carbonyl (C=O) groups excluding carboxylic acids is 1. The number of ether oxygens (including phenoxy) is 1. The van der Waals surface area contributed by atoms with Crippen LogP contribution in [0, 0.1) is 6.92 Å². The van der Waals surface area contributed by atoms with Gasteiger partial charge < -0.3 is 9.64 Å². The molecular weight excluding hydrogens is 178 g/mol. The molecule has 0 aliphatic carbocycles. The number of rotatable bonds is 2. The molecule has 0 saturated carbocycles. The first-order chi connectivity index (χ1) is 6.57. The van der Waals surface area contributed by atoms with Crippen LogP contribution in [0.5, 0.6) is 5.75 Å². The Labute approximate surface area is 84.3 Å². The van der Waals surface area contributed by atoms with E-state index in [9.17, 15) is 4.79 Å². The van der Waals surface area contributed by atoms with Gasteiger partial charge in [0.2, 0.25) is 0 Å². The second-order valence-electron chi connectivity index (χ2n) is 3.36. The second kappa shape index (κ2) is 4.13. The van der Waals surface area contributed by atoms with E-state index in [0.29, 0.717) is 11.3 Å². The molecule has 3 heteroatoms. The molecule has 1 amide bonds. The number of benzene rings is 1. The number of para-hydroxylation sites is 1. The van der Waals surface area contributed by atoms with Crippen LogP contribution >= 0.6 is 0 Å². The molecular formula is C11H15NO2. The third kappa shape index (κ3) is 1.87. The molecule has 3 nitrogen and oxygen atoms in total. The Bertz CT molecular complexity index is 345. The minimum absolute atomic E-state index is 0.0365. The summed E-state index contributed by atoms with van der Waals surface area (Å²) in [4.78, 5) is 13.3. The third-order valence-corrected chi connectivity index (χ3v) is 2.05. The Kier molecular flexibility index (Phi) is 3.12. The van der Waals surface area contributed by atoms with Gasteiger partial charge in [-0.1, -0.05) is 12.1 Å². The summed E-state index contributed by atoms with van der Waals surface area (Å²) in [6.45, 7) is 1.92. The molecule has 0 aromatic heterocycles. The fourth-order valence-corrected chi connectivity index (χ4v) is 1.33. The zero-order chi connectivity index (χ0) is 10.7. The van der Waals surface area contributed by atoms with E-state index < -0.39 is 0 Å². The highest BCUT2D eigenvalue weighted by Crippen LogP contribution is 2.23. The van der Waals surface area contributed by atoms with Gasteiger partial charge in [0.05, 0.1) is 12.7 Å². The zero-order valence-electron chi connectivity index (χ0n) is 9.00. The molecule has 0 fully saturated rings. The lowest BCUT2D eigenvalue weighted by atomic mass is 10.1. The van der Waals surface area contributed by atoms with Crippen LogP contribution in [0.15, 0.2) is 18.2 Å². The van der Waals surface area contributed by atoms with Gasteiger partial charge in [0.15, 0.2) is 0 Å². The van der Waals surface area contributed by atoms with Gasteiger partial charge in [-0.05, 0) is 18.6 Å². The van der Waals surface area contributed by atoms with Gasteiger partial charge in [0.1, 0.15) is 5.75 Å². The number of nitrogens with zero attached hydrogens (tertiary/aromatic N) is 1. The maximum absolute atomic E-state index is 11.7. The number of amides is 1. The fraction of sp³-hybridized carbons (Fsp3) is 0.364. The molecule has 0 saturated heterocycles. The van der Waals surface area contributed by atoms with Crippen molar-refractivity contribution in [3.63, 3.8) is 0 Å². The Balaban J connectivity index is 3.20. The molecule has 0 aliphatic rings. The molecule has 0 heterocycles. The van der Waals surface area contributed by atoms with Crippen molar-refractivity contribution in [1.82, 2.24) is 4.90 Å². The topological polar surface area (TPSA) is 29.5 Å². The molecule has 0 unspecified atom stereocenters. The summed E-state index contributed by atoms with van der Waals surface area (Å²) in [6, 6.07) is 5.55. The molecule has 76 valence electrons. The van der Waals surface area contributed by atoms with Crippen molar-refractivity contribution in [3.05, 3.63) is 29.3 Å².